The molecular formula is C21H23F3N6O. The number of fused-ring (bicyclic) bond motifs is 1. The third-order valence-corrected chi connectivity index (χ3v) is 5.62. The van der Waals surface area contributed by atoms with Crippen LogP contribution >= 0.6 is 0 Å². The molecule has 1 aliphatic rings. The molecule has 1 fully saturated rings. The van der Waals surface area contributed by atoms with Crippen molar-refractivity contribution in [2.24, 2.45) is 13.0 Å². The Labute approximate surface area is 177 Å². The molecule has 1 aliphatic heterocycles. The topological polar surface area (TPSA) is 76.8 Å². The summed E-state index contributed by atoms with van der Waals surface area (Å²) in [5, 5.41) is 8.91. The number of hydrogen-bond acceptors (Lipinski definition) is 6. The Morgan fingerprint density at radius 3 is 2.68 bits per heavy atom. The Morgan fingerprint density at radius 2 is 2.00 bits per heavy atom. The van der Waals surface area contributed by atoms with Gasteiger partial charge in [0.1, 0.15) is 17.3 Å². The second kappa shape index (κ2) is 8.70. The van der Waals surface area contributed by atoms with Gasteiger partial charge in [-0.25, -0.2) is 9.97 Å². The van der Waals surface area contributed by atoms with E-state index in [9.17, 15) is 18.0 Å². The Morgan fingerprint density at radius 1 is 1.23 bits per heavy atom. The van der Waals surface area contributed by atoms with Gasteiger partial charge in [-0.15, -0.1) is 5.10 Å². The zero-order valence-electron chi connectivity index (χ0n) is 17.1. The summed E-state index contributed by atoms with van der Waals surface area (Å²) in [7, 11) is 1.80. The fourth-order valence-corrected chi connectivity index (χ4v) is 3.85. The molecule has 4 rings (SSSR count). The zero-order chi connectivity index (χ0) is 22.0. The smallest absolute Gasteiger partial charge is 0.303 e. The van der Waals surface area contributed by atoms with E-state index in [4.69, 9.17) is 0 Å². The van der Waals surface area contributed by atoms with E-state index >= 15 is 0 Å². The van der Waals surface area contributed by atoms with Crippen LogP contribution < -0.4 is 0 Å². The number of Topliss-reactive ketones (excluding diaryl/α,β-unsaturated/α-hetero) is 1. The Hall–Kier alpha value is -2.88. The van der Waals surface area contributed by atoms with Crippen LogP contribution in [0.25, 0.3) is 22.2 Å². The van der Waals surface area contributed by atoms with E-state index in [-0.39, 0.29) is 24.7 Å². The molecule has 0 aliphatic carbocycles. The molecule has 0 saturated carbocycles. The van der Waals surface area contributed by atoms with Crippen LogP contribution in [0.4, 0.5) is 13.2 Å². The predicted octanol–water partition coefficient (Wildman–Crippen LogP) is 3.20. The molecule has 3 aromatic rings. The quantitative estimate of drug-likeness (QED) is 0.595. The molecule has 31 heavy (non-hydrogen) atoms. The number of likely N-dealkylation sites (tertiary alicyclic amines) is 1. The number of nitrogens with zero attached hydrogens (tertiary/aromatic N) is 6. The van der Waals surface area contributed by atoms with Crippen molar-refractivity contribution in [3.8, 4) is 11.3 Å². The highest BCUT2D eigenvalue weighted by Gasteiger charge is 2.30. The van der Waals surface area contributed by atoms with E-state index in [2.05, 4.69) is 20.3 Å². The van der Waals surface area contributed by atoms with Crippen LogP contribution in [-0.2, 0) is 18.3 Å². The maximum absolute atomic E-state index is 12.7. The minimum atomic E-state index is -4.15. The maximum atomic E-state index is 12.7. The van der Waals surface area contributed by atoms with Gasteiger partial charge in [-0.2, -0.15) is 13.2 Å². The van der Waals surface area contributed by atoms with Crippen molar-refractivity contribution in [1.82, 2.24) is 29.9 Å². The lowest BCUT2D eigenvalue weighted by Gasteiger charge is -2.31. The molecule has 1 aromatic carbocycles. The first-order valence-corrected chi connectivity index (χ1v) is 10.2. The van der Waals surface area contributed by atoms with E-state index in [1.54, 1.807) is 22.8 Å². The van der Waals surface area contributed by atoms with Crippen LogP contribution in [0.2, 0.25) is 0 Å². The lowest BCUT2D eigenvalue weighted by atomic mass is 9.90. The van der Waals surface area contributed by atoms with Gasteiger partial charge in [0, 0.05) is 36.7 Å². The van der Waals surface area contributed by atoms with Gasteiger partial charge in [-0.05, 0) is 32.0 Å². The summed E-state index contributed by atoms with van der Waals surface area (Å²) in [6.07, 6.45) is -0.181. The average Bonchev–Trinajstić information content (AvgIpc) is 3.18. The summed E-state index contributed by atoms with van der Waals surface area (Å²) in [6, 6.07) is 5.73. The molecule has 7 nitrogen and oxygen atoms in total. The zero-order valence-corrected chi connectivity index (χ0v) is 17.1. The van der Waals surface area contributed by atoms with Gasteiger partial charge in [0.2, 0.25) is 0 Å². The molecule has 0 amide bonds. The highest BCUT2D eigenvalue weighted by molar-refractivity contribution is 5.85. The van der Waals surface area contributed by atoms with Crippen LogP contribution in [0.3, 0.4) is 0 Å². The number of benzene rings is 1. The number of aryl methyl sites for hydroxylation is 1. The van der Waals surface area contributed by atoms with Crippen molar-refractivity contribution in [3.05, 3.63) is 36.4 Å². The van der Waals surface area contributed by atoms with Crippen LogP contribution in [0.5, 0.6) is 0 Å². The molecule has 0 unspecified atom stereocenters. The van der Waals surface area contributed by atoms with E-state index in [0.29, 0.717) is 31.8 Å². The standard InChI is InChI=1S/C21H23F3N6O/c1-29-13-18(27-28-29)15-2-3-16-12-25-20(26-17(16)10-15)11-19(31)14-4-7-30(8-5-14)9-6-21(22,23)24/h2-3,10,12-14H,4-9,11H2,1H3. The van der Waals surface area contributed by atoms with Crippen LogP contribution in [0.1, 0.15) is 25.1 Å². The van der Waals surface area contributed by atoms with Gasteiger partial charge in [0.25, 0.3) is 0 Å². The first-order valence-electron chi connectivity index (χ1n) is 10.2. The minimum Gasteiger partial charge on any atom is -0.303 e. The maximum Gasteiger partial charge on any atom is 0.390 e. The van der Waals surface area contributed by atoms with Crippen LogP contribution in [0.15, 0.2) is 30.6 Å². The monoisotopic (exact) mass is 432 g/mol. The SMILES string of the molecule is Cn1cc(-c2ccc3cnc(CC(=O)C4CCN(CCC(F)(F)F)CC4)nc3c2)nn1. The van der Waals surface area contributed by atoms with Gasteiger partial charge < -0.3 is 4.90 Å². The number of halogens is 3. The molecule has 164 valence electrons. The third-order valence-electron chi connectivity index (χ3n) is 5.62. The van der Waals surface area contributed by atoms with Crippen molar-refractivity contribution in [2.45, 2.75) is 31.9 Å². The second-order valence-corrected chi connectivity index (χ2v) is 7.96. The van der Waals surface area contributed by atoms with E-state index in [1.807, 2.05) is 24.4 Å². The molecule has 3 heterocycles. The number of ketones is 1. The molecule has 1 saturated heterocycles. The lowest BCUT2D eigenvalue weighted by Crippen LogP contribution is -2.38. The van der Waals surface area contributed by atoms with Crippen molar-refractivity contribution in [1.29, 1.82) is 0 Å². The van der Waals surface area contributed by atoms with Gasteiger partial charge in [0.15, 0.2) is 0 Å². The number of hydrogen-bond donors (Lipinski definition) is 0. The summed E-state index contributed by atoms with van der Waals surface area (Å²) < 4.78 is 38.8. The van der Waals surface area contributed by atoms with E-state index < -0.39 is 12.6 Å². The minimum absolute atomic E-state index is 0.00762. The van der Waals surface area contributed by atoms with Crippen molar-refractivity contribution in [3.63, 3.8) is 0 Å². The van der Waals surface area contributed by atoms with E-state index in [1.165, 1.54) is 0 Å². The van der Waals surface area contributed by atoms with Crippen LogP contribution in [0, 0.1) is 5.92 Å². The summed E-state index contributed by atoms with van der Waals surface area (Å²) in [5.74, 6) is 0.334. The molecule has 0 N–H and O–H groups in total. The molecule has 0 bridgehead atoms. The number of piperidine rings is 1. The van der Waals surface area contributed by atoms with Gasteiger partial charge in [0.05, 0.1) is 24.6 Å². The number of carbonyl (C=O) groups is 1. The summed E-state index contributed by atoms with van der Waals surface area (Å²) in [6.45, 7) is 1.01. The van der Waals surface area contributed by atoms with E-state index in [0.717, 1.165) is 22.2 Å². The highest BCUT2D eigenvalue weighted by Crippen LogP contribution is 2.25. The normalized spacial score (nSPS) is 16.1. The van der Waals surface area contributed by atoms with Crippen molar-refractivity contribution >= 4 is 16.7 Å². The fraction of sp³-hybridized carbons (Fsp3) is 0.476. The molecule has 10 heteroatoms. The first kappa shape index (κ1) is 21.4. The lowest BCUT2D eigenvalue weighted by molar-refractivity contribution is -0.139. The van der Waals surface area contributed by atoms with Gasteiger partial charge in [-0.1, -0.05) is 17.3 Å². The molecule has 2 aromatic heterocycles. The third kappa shape index (κ3) is 5.43. The van der Waals surface area contributed by atoms with Crippen LogP contribution in [-0.4, -0.2) is 61.5 Å². The predicted molar refractivity (Wildman–Crippen MR) is 108 cm³/mol. The van der Waals surface area contributed by atoms with Crippen molar-refractivity contribution in [2.75, 3.05) is 19.6 Å². The first-order chi connectivity index (χ1) is 14.8. The fourth-order valence-electron chi connectivity index (χ4n) is 3.85. The van der Waals surface area contributed by atoms with Gasteiger partial charge in [-0.3, -0.25) is 9.48 Å². The summed E-state index contributed by atoms with van der Waals surface area (Å²) >= 11 is 0. The average molecular weight is 432 g/mol. The van der Waals surface area contributed by atoms with Gasteiger partial charge >= 0.3 is 6.18 Å². The summed E-state index contributed by atoms with van der Waals surface area (Å²) in [5.41, 5.74) is 2.34. The Kier molecular flexibility index (Phi) is 5.99. The van der Waals surface area contributed by atoms with Crippen molar-refractivity contribution < 1.29 is 18.0 Å². The highest BCUT2D eigenvalue weighted by atomic mass is 19.4. The number of alkyl halides is 3. The second-order valence-electron chi connectivity index (χ2n) is 7.96. The number of aromatic nitrogens is 5. The largest absolute Gasteiger partial charge is 0.390 e. The number of carbonyl (C=O) groups excluding carboxylic acids is 1. The Balaban J connectivity index is 1.38. The molecule has 0 spiro atoms. The Bertz CT molecular complexity index is 1070. The molecule has 0 radical (unpaired) electrons. The molecule has 0 atom stereocenters. The molecular weight excluding hydrogens is 409 g/mol. The number of rotatable bonds is 6. The summed E-state index contributed by atoms with van der Waals surface area (Å²) in [4.78, 5) is 23.4.